The van der Waals surface area contributed by atoms with Crippen molar-refractivity contribution in [3.8, 4) is 6.07 Å². The Kier molecular flexibility index (Phi) is 3.72. The Morgan fingerprint density at radius 1 is 1.15 bits per heavy atom. The number of amides is 1. The first-order valence-electron chi connectivity index (χ1n) is 5.61. The first kappa shape index (κ1) is 13.2. The number of carbonyl (C=O) groups is 2. The van der Waals surface area contributed by atoms with E-state index < -0.39 is 11.9 Å². The van der Waals surface area contributed by atoms with Crippen molar-refractivity contribution in [1.29, 1.82) is 5.26 Å². The van der Waals surface area contributed by atoms with Gasteiger partial charge in [0.1, 0.15) is 5.69 Å². The van der Waals surface area contributed by atoms with Crippen LogP contribution in [0.5, 0.6) is 0 Å². The van der Waals surface area contributed by atoms with Crippen molar-refractivity contribution in [2.24, 2.45) is 0 Å². The second-order valence-corrected chi connectivity index (χ2v) is 3.88. The van der Waals surface area contributed by atoms with Crippen LogP contribution in [0.4, 0.5) is 5.69 Å². The highest BCUT2D eigenvalue weighted by molar-refractivity contribution is 6.04. The summed E-state index contributed by atoms with van der Waals surface area (Å²) in [6.45, 7) is 0. The van der Waals surface area contributed by atoms with Gasteiger partial charge >= 0.3 is 5.97 Å². The van der Waals surface area contributed by atoms with Gasteiger partial charge in [0.15, 0.2) is 0 Å². The molecule has 0 fully saturated rings. The lowest BCUT2D eigenvalue weighted by molar-refractivity contribution is 0.0690. The van der Waals surface area contributed by atoms with Gasteiger partial charge in [0, 0.05) is 11.9 Å². The molecular formula is C14H9N3O3. The standard InChI is InChI=1S/C14H9N3O3/c15-7-9-1-4-11(5-2-9)17-13(18)10-3-6-12(14(19)20)16-8-10/h1-6,8H,(H,17,18)(H,19,20). The quantitative estimate of drug-likeness (QED) is 0.884. The van der Waals surface area contributed by atoms with E-state index in [1.807, 2.05) is 6.07 Å². The average molecular weight is 267 g/mol. The van der Waals surface area contributed by atoms with Crippen LogP contribution >= 0.6 is 0 Å². The third kappa shape index (κ3) is 2.97. The number of carboxylic acid groups (broad SMARTS) is 1. The maximum atomic E-state index is 11.9. The molecule has 2 rings (SSSR count). The topological polar surface area (TPSA) is 103 Å². The first-order valence-corrected chi connectivity index (χ1v) is 5.61. The van der Waals surface area contributed by atoms with Gasteiger partial charge in [-0.2, -0.15) is 5.26 Å². The number of aromatic nitrogens is 1. The molecular weight excluding hydrogens is 258 g/mol. The number of aromatic carboxylic acids is 1. The summed E-state index contributed by atoms with van der Waals surface area (Å²) in [5.74, 6) is -1.55. The van der Waals surface area contributed by atoms with Crippen molar-refractivity contribution in [3.05, 3.63) is 59.4 Å². The van der Waals surface area contributed by atoms with E-state index in [4.69, 9.17) is 10.4 Å². The van der Waals surface area contributed by atoms with Crippen LogP contribution in [-0.4, -0.2) is 22.0 Å². The van der Waals surface area contributed by atoms with Gasteiger partial charge in [-0.25, -0.2) is 9.78 Å². The van der Waals surface area contributed by atoms with Crippen LogP contribution in [0.2, 0.25) is 0 Å². The van der Waals surface area contributed by atoms with Crippen LogP contribution in [0.1, 0.15) is 26.4 Å². The van der Waals surface area contributed by atoms with Gasteiger partial charge in [-0.15, -0.1) is 0 Å². The largest absolute Gasteiger partial charge is 0.477 e. The molecule has 0 saturated heterocycles. The minimum atomic E-state index is -1.15. The molecule has 1 amide bonds. The fraction of sp³-hybridized carbons (Fsp3) is 0. The number of nitrogens with zero attached hydrogens (tertiary/aromatic N) is 2. The molecule has 0 spiro atoms. The van der Waals surface area contributed by atoms with Crippen molar-refractivity contribution < 1.29 is 14.7 Å². The summed E-state index contributed by atoms with van der Waals surface area (Å²) in [5.41, 5.74) is 1.16. The third-order valence-corrected chi connectivity index (χ3v) is 2.52. The second kappa shape index (κ2) is 5.63. The van der Waals surface area contributed by atoms with E-state index in [9.17, 15) is 9.59 Å². The van der Waals surface area contributed by atoms with Crippen molar-refractivity contribution in [3.63, 3.8) is 0 Å². The number of hydrogen-bond donors (Lipinski definition) is 2. The molecule has 0 aliphatic carbocycles. The Bertz CT molecular complexity index is 685. The van der Waals surface area contributed by atoms with Gasteiger partial charge < -0.3 is 10.4 Å². The average Bonchev–Trinajstić information content (AvgIpc) is 2.48. The zero-order valence-electron chi connectivity index (χ0n) is 10.2. The normalized spacial score (nSPS) is 9.55. The van der Waals surface area contributed by atoms with Crippen LogP contribution in [0, 0.1) is 11.3 Å². The van der Waals surface area contributed by atoms with E-state index in [0.717, 1.165) is 0 Å². The molecule has 1 aromatic carbocycles. The van der Waals surface area contributed by atoms with Gasteiger partial charge in [-0.05, 0) is 36.4 Å². The zero-order valence-corrected chi connectivity index (χ0v) is 10.2. The monoisotopic (exact) mass is 267 g/mol. The third-order valence-electron chi connectivity index (χ3n) is 2.52. The van der Waals surface area contributed by atoms with Gasteiger partial charge in [-0.1, -0.05) is 0 Å². The predicted molar refractivity (Wildman–Crippen MR) is 70.3 cm³/mol. The number of pyridine rings is 1. The molecule has 2 aromatic rings. The number of nitrogens with one attached hydrogen (secondary N) is 1. The molecule has 1 aromatic heterocycles. The minimum Gasteiger partial charge on any atom is -0.477 e. The maximum absolute atomic E-state index is 11.9. The molecule has 6 nitrogen and oxygen atoms in total. The molecule has 0 aliphatic heterocycles. The highest BCUT2D eigenvalue weighted by atomic mass is 16.4. The molecule has 20 heavy (non-hydrogen) atoms. The number of rotatable bonds is 3. The van der Waals surface area contributed by atoms with Gasteiger partial charge in [0.05, 0.1) is 17.2 Å². The van der Waals surface area contributed by atoms with E-state index in [1.165, 1.54) is 18.3 Å². The Balaban J connectivity index is 2.11. The van der Waals surface area contributed by atoms with Crippen LogP contribution < -0.4 is 5.32 Å². The van der Waals surface area contributed by atoms with Gasteiger partial charge in [-0.3, -0.25) is 4.79 Å². The number of carboxylic acids is 1. The first-order chi connectivity index (χ1) is 9.60. The van der Waals surface area contributed by atoms with Crippen LogP contribution in [-0.2, 0) is 0 Å². The van der Waals surface area contributed by atoms with Crippen molar-refractivity contribution >= 4 is 17.6 Å². The lowest BCUT2D eigenvalue weighted by atomic mass is 10.2. The molecule has 0 aliphatic rings. The highest BCUT2D eigenvalue weighted by Crippen LogP contribution is 2.11. The molecule has 0 saturated carbocycles. The van der Waals surface area contributed by atoms with E-state index in [0.29, 0.717) is 11.3 Å². The summed E-state index contributed by atoms with van der Waals surface area (Å²) in [4.78, 5) is 26.2. The molecule has 0 unspecified atom stereocenters. The Hall–Kier alpha value is -3.20. The molecule has 1 heterocycles. The number of nitriles is 1. The molecule has 6 heteroatoms. The maximum Gasteiger partial charge on any atom is 0.354 e. The number of anilines is 1. The van der Waals surface area contributed by atoms with E-state index in [-0.39, 0.29) is 11.3 Å². The summed E-state index contributed by atoms with van der Waals surface area (Å²) in [5, 5.41) is 20.0. The zero-order chi connectivity index (χ0) is 14.5. The summed E-state index contributed by atoms with van der Waals surface area (Å²) in [7, 11) is 0. The lowest BCUT2D eigenvalue weighted by Crippen LogP contribution is -2.13. The number of benzene rings is 1. The Morgan fingerprint density at radius 3 is 2.35 bits per heavy atom. The molecule has 2 N–H and O–H groups in total. The summed E-state index contributed by atoms with van der Waals surface area (Å²) in [6, 6.07) is 11.0. The Labute approximate surface area is 114 Å². The number of carbonyl (C=O) groups excluding carboxylic acids is 1. The fourth-order valence-electron chi connectivity index (χ4n) is 1.49. The van der Waals surface area contributed by atoms with Crippen LogP contribution in [0.15, 0.2) is 42.6 Å². The molecule has 0 atom stereocenters. The van der Waals surface area contributed by atoms with Crippen LogP contribution in [0.25, 0.3) is 0 Å². The summed E-state index contributed by atoms with van der Waals surface area (Å²) in [6.07, 6.45) is 1.20. The predicted octanol–water partition coefficient (Wildman–Crippen LogP) is 1.90. The second-order valence-electron chi connectivity index (χ2n) is 3.88. The van der Waals surface area contributed by atoms with E-state index >= 15 is 0 Å². The fourth-order valence-corrected chi connectivity index (χ4v) is 1.49. The number of hydrogen-bond acceptors (Lipinski definition) is 4. The van der Waals surface area contributed by atoms with E-state index in [2.05, 4.69) is 10.3 Å². The molecule has 0 radical (unpaired) electrons. The Morgan fingerprint density at radius 2 is 1.85 bits per heavy atom. The smallest absolute Gasteiger partial charge is 0.354 e. The molecule has 98 valence electrons. The summed E-state index contributed by atoms with van der Waals surface area (Å²) >= 11 is 0. The van der Waals surface area contributed by atoms with Gasteiger partial charge in [0.25, 0.3) is 5.91 Å². The lowest BCUT2D eigenvalue weighted by Gasteiger charge is -2.05. The van der Waals surface area contributed by atoms with Crippen LogP contribution in [0.3, 0.4) is 0 Å². The SMILES string of the molecule is N#Cc1ccc(NC(=O)c2ccc(C(=O)O)nc2)cc1. The van der Waals surface area contributed by atoms with Crippen molar-refractivity contribution in [2.75, 3.05) is 5.32 Å². The van der Waals surface area contributed by atoms with Crippen molar-refractivity contribution in [2.45, 2.75) is 0 Å². The summed E-state index contributed by atoms with van der Waals surface area (Å²) < 4.78 is 0. The van der Waals surface area contributed by atoms with Crippen molar-refractivity contribution in [1.82, 2.24) is 4.98 Å². The highest BCUT2D eigenvalue weighted by Gasteiger charge is 2.09. The molecule has 0 bridgehead atoms. The van der Waals surface area contributed by atoms with E-state index in [1.54, 1.807) is 24.3 Å². The van der Waals surface area contributed by atoms with Gasteiger partial charge in [0.2, 0.25) is 0 Å². The minimum absolute atomic E-state index is 0.125.